The monoisotopic (exact) mass is 365 g/mol. The fraction of sp³-hybridized carbons (Fsp3) is 0.118. The molecule has 0 bridgehead atoms. The molecule has 1 amide bonds. The number of amides is 1. The van der Waals surface area contributed by atoms with Crippen molar-refractivity contribution in [1.29, 1.82) is 0 Å². The quantitative estimate of drug-likeness (QED) is 0.811. The summed E-state index contributed by atoms with van der Waals surface area (Å²) in [6.07, 6.45) is 11.9. The molecule has 2 aliphatic rings. The fourth-order valence-corrected chi connectivity index (χ4v) is 2.82. The third kappa shape index (κ3) is 3.00. The van der Waals surface area contributed by atoms with Gasteiger partial charge in [-0.15, -0.1) is 0 Å². The summed E-state index contributed by atoms with van der Waals surface area (Å²) in [6, 6.07) is 1.17. The van der Waals surface area contributed by atoms with Gasteiger partial charge in [0.05, 0.1) is 16.8 Å². The maximum atomic E-state index is 12.6. The van der Waals surface area contributed by atoms with E-state index in [9.17, 15) is 15.0 Å². The van der Waals surface area contributed by atoms with E-state index in [1.807, 2.05) is 18.2 Å². The summed E-state index contributed by atoms with van der Waals surface area (Å²) in [7, 11) is 0. The molecule has 0 unspecified atom stereocenters. The number of halogens is 2. The summed E-state index contributed by atoms with van der Waals surface area (Å²) in [6.45, 7) is 0. The summed E-state index contributed by atoms with van der Waals surface area (Å²) < 4.78 is 5.46. The molecule has 5 nitrogen and oxygen atoms in total. The van der Waals surface area contributed by atoms with Crippen LogP contribution in [0.3, 0.4) is 0 Å². The van der Waals surface area contributed by atoms with Crippen LogP contribution < -0.4 is 0 Å². The molecule has 1 aromatic carbocycles. The average molecular weight is 366 g/mol. The second-order valence-corrected chi connectivity index (χ2v) is 5.97. The third-order valence-corrected chi connectivity index (χ3v) is 4.28. The molecule has 124 valence electrons. The molecule has 1 heterocycles. The van der Waals surface area contributed by atoms with Gasteiger partial charge in [0.1, 0.15) is 17.0 Å². The molecule has 0 spiro atoms. The summed E-state index contributed by atoms with van der Waals surface area (Å²) >= 11 is 11.6. The number of hydrogen-bond acceptors (Lipinski definition) is 4. The highest BCUT2D eigenvalue weighted by atomic mass is 35.5. The minimum absolute atomic E-state index is 0.122. The molecule has 0 radical (unpaired) electrons. The summed E-state index contributed by atoms with van der Waals surface area (Å²) in [5, 5.41) is 19.1. The van der Waals surface area contributed by atoms with Crippen molar-refractivity contribution in [2.45, 2.75) is 12.8 Å². The van der Waals surface area contributed by atoms with E-state index in [2.05, 4.69) is 0 Å². The minimum Gasteiger partial charge on any atom is -0.505 e. The van der Waals surface area contributed by atoms with Crippen LogP contribution in [0.5, 0.6) is 11.5 Å². The fourth-order valence-electron chi connectivity index (χ4n) is 2.36. The van der Waals surface area contributed by atoms with Gasteiger partial charge in [0.25, 0.3) is 5.91 Å². The lowest BCUT2D eigenvalue weighted by Gasteiger charge is -2.22. The minimum atomic E-state index is -0.555. The number of allylic oxidation sites excluding steroid dienone is 4. The Morgan fingerprint density at radius 2 is 2.04 bits per heavy atom. The zero-order valence-corrected chi connectivity index (χ0v) is 13.9. The van der Waals surface area contributed by atoms with Gasteiger partial charge in [-0.25, -0.2) is 0 Å². The average Bonchev–Trinajstić information content (AvgIpc) is 2.63. The molecule has 3 rings (SSSR count). The summed E-state index contributed by atoms with van der Waals surface area (Å²) in [5.41, 5.74) is 0.841. The molecule has 0 atom stereocenters. The van der Waals surface area contributed by atoms with Gasteiger partial charge in [-0.05, 0) is 24.5 Å². The van der Waals surface area contributed by atoms with Crippen LogP contribution in [0, 0.1) is 0 Å². The highest BCUT2D eigenvalue weighted by molar-refractivity contribution is 6.38. The van der Waals surface area contributed by atoms with Crippen LogP contribution in [0.1, 0.15) is 23.2 Å². The lowest BCUT2D eigenvalue weighted by molar-refractivity contribution is 0.0852. The number of ether oxygens (including phenoxy) is 1. The van der Waals surface area contributed by atoms with E-state index < -0.39 is 17.4 Å². The Balaban J connectivity index is 1.94. The third-order valence-electron chi connectivity index (χ3n) is 3.64. The van der Waals surface area contributed by atoms with Crippen LogP contribution in [0.4, 0.5) is 0 Å². The molecular weight excluding hydrogens is 353 g/mol. The van der Waals surface area contributed by atoms with Gasteiger partial charge in [-0.1, -0.05) is 41.4 Å². The van der Waals surface area contributed by atoms with Gasteiger partial charge in [0, 0.05) is 6.20 Å². The van der Waals surface area contributed by atoms with Gasteiger partial charge in [-0.3, -0.25) is 9.69 Å². The number of hydrogen-bond donors (Lipinski definition) is 2. The lowest BCUT2D eigenvalue weighted by atomic mass is 10.0. The molecule has 24 heavy (non-hydrogen) atoms. The Labute approximate surface area is 148 Å². The van der Waals surface area contributed by atoms with E-state index >= 15 is 0 Å². The molecule has 0 saturated heterocycles. The van der Waals surface area contributed by atoms with E-state index in [0.717, 1.165) is 18.4 Å². The molecule has 1 aliphatic carbocycles. The van der Waals surface area contributed by atoms with Crippen LogP contribution in [0.25, 0.3) is 0 Å². The number of carbonyl (C=O) groups excluding carboxylic acids is 1. The van der Waals surface area contributed by atoms with Crippen LogP contribution in [0.2, 0.25) is 10.0 Å². The first-order valence-corrected chi connectivity index (χ1v) is 7.88. The Hall–Kier alpha value is -2.37. The largest absolute Gasteiger partial charge is 0.505 e. The summed E-state index contributed by atoms with van der Waals surface area (Å²) in [4.78, 5) is 13.9. The van der Waals surface area contributed by atoms with Crippen LogP contribution in [-0.4, -0.2) is 21.0 Å². The molecule has 7 heteroatoms. The van der Waals surface area contributed by atoms with Gasteiger partial charge >= 0.3 is 0 Å². The van der Waals surface area contributed by atoms with Gasteiger partial charge in [0.15, 0.2) is 11.5 Å². The molecular formula is C17H13Cl2NO4. The topological polar surface area (TPSA) is 70.0 Å². The zero-order chi connectivity index (χ0) is 17.3. The maximum Gasteiger partial charge on any atom is 0.265 e. The maximum absolute atomic E-state index is 12.6. The van der Waals surface area contributed by atoms with Gasteiger partial charge in [0.2, 0.25) is 0 Å². The van der Waals surface area contributed by atoms with Crippen molar-refractivity contribution in [2.24, 2.45) is 0 Å². The van der Waals surface area contributed by atoms with Gasteiger partial charge < -0.3 is 14.9 Å². The first-order chi connectivity index (χ1) is 11.5. The van der Waals surface area contributed by atoms with Crippen molar-refractivity contribution in [3.8, 4) is 11.5 Å². The standard InChI is InChI=1S/C17H13Cl2NO4/c18-12-8-11(15(21)14(19)16(12)22)17(23)20-6-7-24-13(9-20)10-4-2-1-3-5-10/h1-2,4,6-9,21-22H,3,5H2. The van der Waals surface area contributed by atoms with Gasteiger partial charge in [-0.2, -0.15) is 0 Å². The second kappa shape index (κ2) is 6.63. The number of phenols is 2. The highest BCUT2D eigenvalue weighted by Crippen LogP contribution is 2.41. The SMILES string of the molecule is O=C(c1cc(Cl)c(O)c(Cl)c1O)N1C=COC(C2=CC=CCC2)=C1. The second-order valence-electron chi connectivity index (χ2n) is 5.18. The number of phenolic OH excluding ortho intramolecular Hbond substituents is 2. The lowest BCUT2D eigenvalue weighted by Crippen LogP contribution is -2.23. The zero-order valence-electron chi connectivity index (χ0n) is 12.4. The van der Waals surface area contributed by atoms with Crippen LogP contribution in [0.15, 0.2) is 54.3 Å². The number of rotatable bonds is 2. The molecule has 0 saturated carbocycles. The Morgan fingerprint density at radius 1 is 1.25 bits per heavy atom. The van der Waals surface area contributed by atoms with E-state index in [4.69, 9.17) is 27.9 Å². The van der Waals surface area contributed by atoms with Crippen molar-refractivity contribution < 1.29 is 19.7 Å². The van der Waals surface area contributed by atoms with Crippen molar-refractivity contribution >= 4 is 29.1 Å². The predicted octanol–water partition coefficient (Wildman–Crippen LogP) is 4.47. The van der Waals surface area contributed by atoms with Crippen molar-refractivity contribution in [3.05, 3.63) is 69.9 Å². The van der Waals surface area contributed by atoms with Crippen molar-refractivity contribution in [1.82, 2.24) is 4.90 Å². The smallest absolute Gasteiger partial charge is 0.265 e. The van der Waals surface area contributed by atoms with E-state index in [-0.39, 0.29) is 15.6 Å². The molecule has 1 aliphatic heterocycles. The van der Waals surface area contributed by atoms with E-state index in [1.54, 1.807) is 0 Å². The Kier molecular flexibility index (Phi) is 4.55. The normalized spacial score (nSPS) is 16.5. The number of nitrogens with zero attached hydrogens (tertiary/aromatic N) is 1. The molecule has 0 aromatic heterocycles. The summed E-state index contributed by atoms with van der Waals surface area (Å²) in [5.74, 6) is -1.01. The molecule has 1 aromatic rings. The van der Waals surface area contributed by atoms with Crippen molar-refractivity contribution in [3.63, 3.8) is 0 Å². The number of aromatic hydroxyl groups is 2. The Morgan fingerprint density at radius 3 is 2.75 bits per heavy atom. The first-order valence-electron chi connectivity index (χ1n) is 7.13. The van der Waals surface area contributed by atoms with Crippen LogP contribution >= 0.6 is 23.2 Å². The predicted molar refractivity (Wildman–Crippen MR) is 90.7 cm³/mol. The highest BCUT2D eigenvalue weighted by Gasteiger charge is 2.24. The molecule has 0 fully saturated rings. The number of carbonyl (C=O) groups is 1. The van der Waals surface area contributed by atoms with Crippen molar-refractivity contribution in [2.75, 3.05) is 0 Å². The Bertz CT molecular complexity index is 824. The first kappa shape index (κ1) is 16.5. The number of benzene rings is 1. The molecule has 2 N–H and O–H groups in total. The van der Waals surface area contributed by atoms with E-state index in [0.29, 0.717) is 5.76 Å². The van der Waals surface area contributed by atoms with E-state index in [1.165, 1.54) is 29.6 Å². The van der Waals surface area contributed by atoms with Crippen LogP contribution in [-0.2, 0) is 4.74 Å².